The molecule has 3 heteroatoms. The Morgan fingerprint density at radius 1 is 1.41 bits per heavy atom. The fourth-order valence-corrected chi connectivity index (χ4v) is 2.29. The van der Waals surface area contributed by atoms with Crippen molar-refractivity contribution < 1.29 is 4.79 Å². The Bertz CT molecular complexity index is 426. The van der Waals surface area contributed by atoms with Crippen LogP contribution in [0.2, 0.25) is 0 Å². The van der Waals surface area contributed by atoms with Crippen molar-refractivity contribution >= 4 is 11.6 Å². The number of benzene rings is 1. The third-order valence-electron chi connectivity index (χ3n) is 3.20. The number of amides is 1. The van der Waals surface area contributed by atoms with Gasteiger partial charge in [-0.3, -0.25) is 4.79 Å². The van der Waals surface area contributed by atoms with E-state index in [1.807, 2.05) is 23.9 Å². The molecule has 1 heterocycles. The van der Waals surface area contributed by atoms with Crippen molar-refractivity contribution in [1.82, 2.24) is 4.90 Å². The standard InChI is InChI=1S/C14H20N2O/c1-4-11-5-6-13-12(9-11)7-8-16(13)14(17)10-15(2)3/h5-6,9H,4,7-8,10H2,1-3H3. The largest absolute Gasteiger partial charge is 0.311 e. The van der Waals surface area contributed by atoms with Gasteiger partial charge in [0.25, 0.3) is 0 Å². The first-order valence-corrected chi connectivity index (χ1v) is 6.18. The molecule has 0 radical (unpaired) electrons. The van der Waals surface area contributed by atoms with Gasteiger partial charge in [0.05, 0.1) is 6.54 Å². The van der Waals surface area contributed by atoms with Crippen molar-refractivity contribution in [3.05, 3.63) is 29.3 Å². The molecule has 0 saturated carbocycles. The third-order valence-corrected chi connectivity index (χ3v) is 3.20. The molecule has 92 valence electrons. The number of carbonyl (C=O) groups is 1. The summed E-state index contributed by atoms with van der Waals surface area (Å²) >= 11 is 0. The second kappa shape index (κ2) is 4.88. The zero-order valence-electron chi connectivity index (χ0n) is 10.9. The van der Waals surface area contributed by atoms with Crippen LogP contribution in [0, 0.1) is 0 Å². The molecule has 0 bridgehead atoms. The van der Waals surface area contributed by atoms with E-state index in [-0.39, 0.29) is 5.91 Å². The van der Waals surface area contributed by atoms with Gasteiger partial charge < -0.3 is 9.80 Å². The first-order chi connectivity index (χ1) is 8.11. The van der Waals surface area contributed by atoms with E-state index in [1.165, 1.54) is 11.1 Å². The molecule has 0 aliphatic carbocycles. The van der Waals surface area contributed by atoms with Crippen LogP contribution in [0.15, 0.2) is 18.2 Å². The van der Waals surface area contributed by atoms with E-state index >= 15 is 0 Å². The molecule has 2 rings (SSSR count). The number of carbonyl (C=O) groups excluding carboxylic acids is 1. The van der Waals surface area contributed by atoms with E-state index in [1.54, 1.807) is 0 Å². The minimum atomic E-state index is 0.193. The van der Waals surface area contributed by atoms with Gasteiger partial charge in [-0.1, -0.05) is 19.1 Å². The highest BCUT2D eigenvalue weighted by molar-refractivity contribution is 5.96. The average Bonchev–Trinajstić information content (AvgIpc) is 2.70. The van der Waals surface area contributed by atoms with Gasteiger partial charge in [0.2, 0.25) is 5.91 Å². The highest BCUT2D eigenvalue weighted by Gasteiger charge is 2.24. The van der Waals surface area contributed by atoms with E-state index in [9.17, 15) is 4.79 Å². The van der Waals surface area contributed by atoms with Crippen molar-refractivity contribution in [3.8, 4) is 0 Å². The normalized spacial score (nSPS) is 14.2. The van der Waals surface area contributed by atoms with Crippen LogP contribution in [0.3, 0.4) is 0 Å². The molecule has 1 aliphatic heterocycles. The van der Waals surface area contributed by atoms with Crippen molar-refractivity contribution in [2.45, 2.75) is 19.8 Å². The number of hydrogen-bond acceptors (Lipinski definition) is 2. The molecule has 1 amide bonds. The summed E-state index contributed by atoms with van der Waals surface area (Å²) in [6.07, 6.45) is 2.04. The molecular weight excluding hydrogens is 212 g/mol. The fourth-order valence-electron chi connectivity index (χ4n) is 2.29. The highest BCUT2D eigenvalue weighted by atomic mass is 16.2. The first kappa shape index (κ1) is 12.1. The smallest absolute Gasteiger partial charge is 0.241 e. The fraction of sp³-hybridized carbons (Fsp3) is 0.500. The Morgan fingerprint density at radius 3 is 2.82 bits per heavy atom. The molecule has 17 heavy (non-hydrogen) atoms. The molecule has 0 N–H and O–H groups in total. The second-order valence-corrected chi connectivity index (χ2v) is 4.85. The topological polar surface area (TPSA) is 23.6 Å². The third kappa shape index (κ3) is 2.50. The summed E-state index contributed by atoms with van der Waals surface area (Å²) in [4.78, 5) is 15.9. The number of rotatable bonds is 3. The van der Waals surface area contributed by atoms with Gasteiger partial charge in [-0.15, -0.1) is 0 Å². The SMILES string of the molecule is CCc1ccc2c(c1)CCN2C(=O)CN(C)C. The lowest BCUT2D eigenvalue weighted by Gasteiger charge is -2.19. The number of likely N-dealkylation sites (N-methyl/N-ethyl adjacent to an activating group) is 1. The van der Waals surface area contributed by atoms with Crippen LogP contribution in [0.5, 0.6) is 0 Å². The summed E-state index contributed by atoms with van der Waals surface area (Å²) in [6.45, 7) is 3.47. The Hall–Kier alpha value is -1.35. The highest BCUT2D eigenvalue weighted by Crippen LogP contribution is 2.29. The van der Waals surface area contributed by atoms with E-state index in [4.69, 9.17) is 0 Å². The summed E-state index contributed by atoms with van der Waals surface area (Å²) < 4.78 is 0. The van der Waals surface area contributed by atoms with Crippen LogP contribution >= 0.6 is 0 Å². The number of nitrogens with zero attached hydrogens (tertiary/aromatic N) is 2. The maximum atomic E-state index is 12.1. The zero-order valence-corrected chi connectivity index (χ0v) is 10.9. The summed E-state index contributed by atoms with van der Waals surface area (Å²) in [7, 11) is 3.85. The summed E-state index contributed by atoms with van der Waals surface area (Å²) in [5.41, 5.74) is 3.77. The van der Waals surface area contributed by atoms with Crippen molar-refractivity contribution in [2.24, 2.45) is 0 Å². The van der Waals surface area contributed by atoms with Gasteiger partial charge in [0.1, 0.15) is 0 Å². The molecule has 0 atom stereocenters. The van der Waals surface area contributed by atoms with Gasteiger partial charge in [-0.25, -0.2) is 0 Å². The predicted molar refractivity (Wildman–Crippen MR) is 70.4 cm³/mol. The van der Waals surface area contributed by atoms with Crippen LogP contribution in [-0.2, 0) is 17.6 Å². The first-order valence-electron chi connectivity index (χ1n) is 6.18. The van der Waals surface area contributed by atoms with Crippen LogP contribution in [0.1, 0.15) is 18.1 Å². The molecular formula is C14H20N2O. The zero-order chi connectivity index (χ0) is 12.4. The number of hydrogen-bond donors (Lipinski definition) is 0. The lowest BCUT2D eigenvalue weighted by Crippen LogP contribution is -2.36. The van der Waals surface area contributed by atoms with Crippen LogP contribution in [0.4, 0.5) is 5.69 Å². The van der Waals surface area contributed by atoms with Gasteiger partial charge in [0, 0.05) is 12.2 Å². The Labute approximate surface area is 103 Å². The van der Waals surface area contributed by atoms with Crippen molar-refractivity contribution in [1.29, 1.82) is 0 Å². The van der Waals surface area contributed by atoms with E-state index in [0.717, 1.165) is 25.1 Å². The Balaban J connectivity index is 2.19. The number of anilines is 1. The molecule has 1 aromatic carbocycles. The monoisotopic (exact) mass is 232 g/mol. The Kier molecular flexibility index (Phi) is 3.48. The maximum absolute atomic E-state index is 12.1. The van der Waals surface area contributed by atoms with Crippen molar-refractivity contribution in [2.75, 3.05) is 32.1 Å². The molecule has 0 fully saturated rings. The Morgan fingerprint density at radius 2 is 2.18 bits per heavy atom. The number of fused-ring (bicyclic) bond motifs is 1. The maximum Gasteiger partial charge on any atom is 0.241 e. The summed E-state index contributed by atoms with van der Waals surface area (Å²) in [6, 6.07) is 6.45. The van der Waals surface area contributed by atoms with Gasteiger partial charge in [0.15, 0.2) is 0 Å². The molecule has 1 aromatic rings. The molecule has 3 nitrogen and oxygen atoms in total. The quantitative estimate of drug-likeness (QED) is 0.792. The molecule has 1 aliphatic rings. The van der Waals surface area contributed by atoms with Crippen LogP contribution < -0.4 is 4.90 Å². The van der Waals surface area contributed by atoms with Gasteiger partial charge in [-0.05, 0) is 44.1 Å². The van der Waals surface area contributed by atoms with Crippen LogP contribution in [-0.4, -0.2) is 38.0 Å². The molecule has 0 aromatic heterocycles. The van der Waals surface area contributed by atoms with E-state index in [2.05, 4.69) is 25.1 Å². The van der Waals surface area contributed by atoms with E-state index < -0.39 is 0 Å². The summed E-state index contributed by atoms with van der Waals surface area (Å²) in [5, 5.41) is 0. The lowest BCUT2D eigenvalue weighted by atomic mass is 10.1. The minimum Gasteiger partial charge on any atom is -0.311 e. The number of aryl methyl sites for hydroxylation is 1. The molecule has 0 saturated heterocycles. The second-order valence-electron chi connectivity index (χ2n) is 4.85. The predicted octanol–water partition coefficient (Wildman–Crippen LogP) is 1.70. The minimum absolute atomic E-state index is 0.193. The van der Waals surface area contributed by atoms with Gasteiger partial charge in [-0.2, -0.15) is 0 Å². The van der Waals surface area contributed by atoms with Crippen LogP contribution in [0.25, 0.3) is 0 Å². The molecule has 0 spiro atoms. The average molecular weight is 232 g/mol. The summed E-state index contributed by atoms with van der Waals surface area (Å²) in [5.74, 6) is 0.193. The van der Waals surface area contributed by atoms with Crippen molar-refractivity contribution in [3.63, 3.8) is 0 Å². The molecule has 0 unspecified atom stereocenters. The van der Waals surface area contributed by atoms with E-state index in [0.29, 0.717) is 6.54 Å². The lowest BCUT2D eigenvalue weighted by molar-refractivity contribution is -0.119. The van der Waals surface area contributed by atoms with Gasteiger partial charge >= 0.3 is 0 Å².